The quantitative estimate of drug-likeness (QED) is 0.630. The molecule has 0 aromatic heterocycles. The molecule has 0 fully saturated rings. The zero-order chi connectivity index (χ0) is 11.1. The molecular formula is C11H19NO2. The highest BCUT2D eigenvalue weighted by Crippen LogP contribution is 2.02. The Bertz CT molecular complexity index is 231. The van der Waals surface area contributed by atoms with Gasteiger partial charge >= 0.3 is 0 Å². The molecule has 0 aliphatic rings. The molecule has 0 atom stereocenters. The first-order valence-corrected chi connectivity index (χ1v) is 4.91. The lowest BCUT2D eigenvalue weighted by Gasteiger charge is -2.24. The van der Waals surface area contributed by atoms with Gasteiger partial charge in [0.25, 0.3) is 0 Å². The van der Waals surface area contributed by atoms with Gasteiger partial charge in [0.05, 0.1) is 0 Å². The lowest BCUT2D eigenvalue weighted by atomic mass is 10.2. The van der Waals surface area contributed by atoms with Crippen molar-refractivity contribution in [1.82, 2.24) is 4.90 Å². The second-order valence-corrected chi connectivity index (χ2v) is 3.58. The van der Waals surface area contributed by atoms with Gasteiger partial charge in [-0.3, -0.25) is 9.59 Å². The van der Waals surface area contributed by atoms with E-state index in [9.17, 15) is 9.59 Å². The number of amides is 1. The third-order valence-electron chi connectivity index (χ3n) is 1.92. The predicted molar refractivity (Wildman–Crippen MR) is 57.0 cm³/mol. The molecule has 0 bridgehead atoms. The largest absolute Gasteiger partial charge is 0.336 e. The Hall–Kier alpha value is -1.12. The fraction of sp³-hybridized carbons (Fsp3) is 0.636. The molecular weight excluding hydrogens is 178 g/mol. The Kier molecular flexibility index (Phi) is 5.84. The molecule has 0 saturated carbocycles. The van der Waals surface area contributed by atoms with Crippen LogP contribution in [0.4, 0.5) is 0 Å². The maximum absolute atomic E-state index is 11.5. The van der Waals surface area contributed by atoms with E-state index in [1.54, 1.807) is 24.8 Å². The van der Waals surface area contributed by atoms with Gasteiger partial charge in [0.1, 0.15) is 5.78 Å². The van der Waals surface area contributed by atoms with Crippen molar-refractivity contribution >= 4 is 11.7 Å². The molecule has 0 aliphatic carbocycles. The fourth-order valence-electron chi connectivity index (χ4n) is 1.14. The molecule has 0 spiro atoms. The van der Waals surface area contributed by atoms with Gasteiger partial charge < -0.3 is 4.90 Å². The first kappa shape index (κ1) is 12.9. The highest BCUT2D eigenvalue weighted by Gasteiger charge is 2.14. The van der Waals surface area contributed by atoms with E-state index < -0.39 is 0 Å². The highest BCUT2D eigenvalue weighted by molar-refractivity contribution is 5.88. The lowest BCUT2D eigenvalue weighted by Crippen LogP contribution is -2.37. The highest BCUT2D eigenvalue weighted by atomic mass is 16.2. The second kappa shape index (κ2) is 6.35. The van der Waals surface area contributed by atoms with Crippen molar-refractivity contribution < 1.29 is 9.59 Å². The van der Waals surface area contributed by atoms with Crippen molar-refractivity contribution in [1.29, 1.82) is 0 Å². The molecule has 0 rings (SSSR count). The van der Waals surface area contributed by atoms with E-state index in [2.05, 4.69) is 0 Å². The number of Topliss-reactive ketones (excluding diaryl/α,β-unsaturated/α-hetero) is 1. The van der Waals surface area contributed by atoms with Gasteiger partial charge in [-0.2, -0.15) is 0 Å². The van der Waals surface area contributed by atoms with Gasteiger partial charge in [-0.25, -0.2) is 0 Å². The smallest absolute Gasteiger partial charge is 0.246 e. The molecule has 3 nitrogen and oxygen atoms in total. The van der Waals surface area contributed by atoms with Crippen molar-refractivity contribution in [3.63, 3.8) is 0 Å². The fourth-order valence-corrected chi connectivity index (χ4v) is 1.14. The predicted octanol–water partition coefficient (Wildman–Crippen LogP) is 1.78. The van der Waals surface area contributed by atoms with E-state index in [0.29, 0.717) is 13.0 Å². The van der Waals surface area contributed by atoms with Crippen LogP contribution in [-0.2, 0) is 9.59 Å². The Balaban J connectivity index is 4.29. The molecule has 1 amide bonds. The molecule has 0 aliphatic heterocycles. The van der Waals surface area contributed by atoms with Gasteiger partial charge in [0.2, 0.25) is 5.91 Å². The second-order valence-electron chi connectivity index (χ2n) is 3.58. The van der Waals surface area contributed by atoms with E-state index in [1.807, 2.05) is 13.8 Å². The SMILES string of the molecule is C/C=C/C(=O)N(CCC(C)=O)C(C)C. The van der Waals surface area contributed by atoms with Gasteiger partial charge in [-0.05, 0) is 33.8 Å². The summed E-state index contributed by atoms with van der Waals surface area (Å²) in [6.07, 6.45) is 3.67. The minimum atomic E-state index is -0.0243. The van der Waals surface area contributed by atoms with Crippen molar-refractivity contribution in [2.75, 3.05) is 6.54 Å². The topological polar surface area (TPSA) is 37.4 Å². The Morgan fingerprint density at radius 2 is 1.93 bits per heavy atom. The summed E-state index contributed by atoms with van der Waals surface area (Å²) in [5.74, 6) is 0.0904. The van der Waals surface area contributed by atoms with Crippen LogP contribution in [0.15, 0.2) is 12.2 Å². The van der Waals surface area contributed by atoms with Crippen LogP contribution in [0.1, 0.15) is 34.1 Å². The molecule has 0 N–H and O–H groups in total. The van der Waals surface area contributed by atoms with Crippen LogP contribution >= 0.6 is 0 Å². The average Bonchev–Trinajstić information content (AvgIpc) is 2.03. The summed E-state index contributed by atoms with van der Waals surface area (Å²) < 4.78 is 0. The third kappa shape index (κ3) is 4.80. The van der Waals surface area contributed by atoms with E-state index in [0.717, 1.165) is 0 Å². The number of carbonyl (C=O) groups is 2. The molecule has 3 heteroatoms. The number of nitrogens with zero attached hydrogens (tertiary/aromatic N) is 1. The van der Waals surface area contributed by atoms with Gasteiger partial charge in [-0.15, -0.1) is 0 Å². The minimum Gasteiger partial charge on any atom is -0.336 e. The van der Waals surface area contributed by atoms with E-state index in [-0.39, 0.29) is 17.7 Å². The number of hydrogen-bond acceptors (Lipinski definition) is 2. The number of hydrogen-bond donors (Lipinski definition) is 0. The zero-order valence-electron chi connectivity index (χ0n) is 9.41. The van der Waals surface area contributed by atoms with Crippen LogP contribution in [0.3, 0.4) is 0 Å². The first-order chi connectivity index (χ1) is 6.49. The maximum atomic E-state index is 11.5. The summed E-state index contributed by atoms with van der Waals surface area (Å²) in [5, 5.41) is 0. The number of allylic oxidation sites excluding steroid dienone is 1. The monoisotopic (exact) mass is 197 g/mol. The summed E-state index contributed by atoms with van der Waals surface area (Å²) in [4.78, 5) is 24.0. The van der Waals surface area contributed by atoms with Crippen molar-refractivity contribution in [3.05, 3.63) is 12.2 Å². The van der Waals surface area contributed by atoms with Crippen molar-refractivity contribution in [3.8, 4) is 0 Å². The normalized spacial score (nSPS) is 10.9. The van der Waals surface area contributed by atoms with Crippen LogP contribution in [0.5, 0.6) is 0 Å². The van der Waals surface area contributed by atoms with Gasteiger partial charge in [0, 0.05) is 19.0 Å². The zero-order valence-corrected chi connectivity index (χ0v) is 9.41. The summed E-state index contributed by atoms with van der Waals surface area (Å²) in [7, 11) is 0. The molecule has 80 valence electrons. The van der Waals surface area contributed by atoms with E-state index in [4.69, 9.17) is 0 Å². The molecule has 0 unspecified atom stereocenters. The summed E-state index contributed by atoms with van der Waals surface area (Å²) >= 11 is 0. The summed E-state index contributed by atoms with van der Waals surface area (Å²) in [5.41, 5.74) is 0. The lowest BCUT2D eigenvalue weighted by molar-refractivity contribution is -0.128. The van der Waals surface area contributed by atoms with Gasteiger partial charge in [0.15, 0.2) is 0 Å². The molecule has 0 saturated heterocycles. The summed E-state index contributed by atoms with van der Waals surface area (Å²) in [6, 6.07) is 0.137. The first-order valence-electron chi connectivity index (χ1n) is 4.91. The molecule has 0 aromatic carbocycles. The van der Waals surface area contributed by atoms with Crippen LogP contribution in [-0.4, -0.2) is 29.2 Å². The van der Waals surface area contributed by atoms with E-state index >= 15 is 0 Å². The number of rotatable bonds is 5. The van der Waals surface area contributed by atoms with Crippen LogP contribution < -0.4 is 0 Å². The summed E-state index contributed by atoms with van der Waals surface area (Å²) in [6.45, 7) is 7.75. The Morgan fingerprint density at radius 1 is 1.36 bits per heavy atom. The van der Waals surface area contributed by atoms with Crippen molar-refractivity contribution in [2.24, 2.45) is 0 Å². The Morgan fingerprint density at radius 3 is 2.29 bits per heavy atom. The molecule has 0 heterocycles. The molecule has 0 radical (unpaired) electrons. The van der Waals surface area contributed by atoms with Gasteiger partial charge in [-0.1, -0.05) is 6.08 Å². The molecule has 14 heavy (non-hydrogen) atoms. The minimum absolute atomic E-state index is 0.0243. The molecule has 0 aromatic rings. The van der Waals surface area contributed by atoms with Crippen LogP contribution in [0, 0.1) is 0 Å². The van der Waals surface area contributed by atoms with Crippen molar-refractivity contribution in [2.45, 2.75) is 40.2 Å². The third-order valence-corrected chi connectivity index (χ3v) is 1.92. The van der Waals surface area contributed by atoms with E-state index in [1.165, 1.54) is 6.08 Å². The number of carbonyl (C=O) groups excluding carboxylic acids is 2. The maximum Gasteiger partial charge on any atom is 0.246 e. The standard InChI is InChI=1S/C11H19NO2/c1-5-6-11(14)12(9(2)3)8-7-10(4)13/h5-6,9H,7-8H2,1-4H3/b6-5+. The van der Waals surface area contributed by atoms with Crippen LogP contribution in [0.2, 0.25) is 0 Å². The number of ketones is 1. The average molecular weight is 197 g/mol. The van der Waals surface area contributed by atoms with Crippen LogP contribution in [0.25, 0.3) is 0 Å². The Labute approximate surface area is 85.8 Å².